The summed E-state index contributed by atoms with van der Waals surface area (Å²) in [5.41, 5.74) is 0.0554. The van der Waals surface area contributed by atoms with Crippen LogP contribution in [0.3, 0.4) is 0 Å². The molecule has 1 unspecified atom stereocenters. The first-order valence-electron chi connectivity index (χ1n) is 5.96. The number of methoxy groups -OCH3 is 1. The van der Waals surface area contributed by atoms with E-state index >= 15 is 0 Å². The molecule has 0 aromatic carbocycles. The Hall–Kier alpha value is -0.0800. The third-order valence-electron chi connectivity index (χ3n) is 4.10. The molecule has 84 valence electrons. The van der Waals surface area contributed by atoms with Crippen molar-refractivity contribution in [2.75, 3.05) is 14.2 Å². The van der Waals surface area contributed by atoms with Gasteiger partial charge in [-0.15, -0.1) is 0 Å². The van der Waals surface area contributed by atoms with Gasteiger partial charge in [-0.1, -0.05) is 20.3 Å². The van der Waals surface area contributed by atoms with E-state index in [9.17, 15) is 0 Å². The molecule has 0 heterocycles. The molecule has 0 aromatic rings. The summed E-state index contributed by atoms with van der Waals surface area (Å²) >= 11 is 0. The monoisotopic (exact) mass is 199 g/mol. The fraction of sp³-hybridized carbons (Fsp3) is 1.00. The van der Waals surface area contributed by atoms with Gasteiger partial charge in [0.1, 0.15) is 0 Å². The van der Waals surface area contributed by atoms with Crippen LogP contribution in [0.15, 0.2) is 0 Å². The second kappa shape index (κ2) is 5.13. The predicted molar refractivity (Wildman–Crippen MR) is 60.5 cm³/mol. The van der Waals surface area contributed by atoms with Crippen molar-refractivity contribution >= 4 is 0 Å². The van der Waals surface area contributed by atoms with Gasteiger partial charge in [0.25, 0.3) is 0 Å². The lowest BCUT2D eigenvalue weighted by molar-refractivity contribution is -0.0707. The first-order chi connectivity index (χ1) is 6.74. The highest BCUT2D eigenvalue weighted by molar-refractivity contribution is 4.97. The lowest BCUT2D eigenvalue weighted by atomic mass is 9.71. The van der Waals surface area contributed by atoms with Crippen LogP contribution in [0.4, 0.5) is 0 Å². The molecule has 1 atom stereocenters. The van der Waals surface area contributed by atoms with Crippen LogP contribution in [-0.4, -0.2) is 25.8 Å². The van der Waals surface area contributed by atoms with Crippen LogP contribution in [-0.2, 0) is 4.74 Å². The molecule has 0 amide bonds. The molecule has 2 nitrogen and oxygen atoms in total. The zero-order valence-corrected chi connectivity index (χ0v) is 10.1. The number of hydrogen-bond acceptors (Lipinski definition) is 2. The van der Waals surface area contributed by atoms with E-state index in [1.54, 1.807) is 0 Å². The summed E-state index contributed by atoms with van der Waals surface area (Å²) in [7, 11) is 3.93. The highest BCUT2D eigenvalue weighted by Gasteiger charge is 2.41. The number of nitrogens with one attached hydrogen (secondary N) is 1. The maximum atomic E-state index is 5.78. The van der Waals surface area contributed by atoms with Crippen molar-refractivity contribution in [3.05, 3.63) is 0 Å². The Morgan fingerprint density at radius 1 is 1.36 bits per heavy atom. The van der Waals surface area contributed by atoms with Crippen LogP contribution < -0.4 is 5.32 Å². The minimum Gasteiger partial charge on any atom is -0.377 e. The Balaban J connectivity index is 2.70. The summed E-state index contributed by atoms with van der Waals surface area (Å²) in [5.74, 6) is 0.833. The fourth-order valence-electron chi connectivity index (χ4n) is 2.81. The van der Waals surface area contributed by atoms with Gasteiger partial charge in [-0.2, -0.15) is 0 Å². The number of ether oxygens (including phenoxy) is 1. The summed E-state index contributed by atoms with van der Waals surface area (Å²) in [5, 5.41) is 3.47. The maximum absolute atomic E-state index is 5.78. The van der Waals surface area contributed by atoms with Gasteiger partial charge >= 0.3 is 0 Å². The molecule has 0 bridgehead atoms. The summed E-state index contributed by atoms with van der Waals surface area (Å²) in [6.07, 6.45) is 6.34. The Morgan fingerprint density at radius 2 is 1.93 bits per heavy atom. The number of likely N-dealkylation sites (N-methyl/N-ethyl adjacent to an activating group) is 1. The van der Waals surface area contributed by atoms with E-state index in [0.717, 1.165) is 18.8 Å². The van der Waals surface area contributed by atoms with Gasteiger partial charge in [0.2, 0.25) is 0 Å². The molecule has 1 aliphatic rings. The molecular weight excluding hydrogens is 174 g/mol. The van der Waals surface area contributed by atoms with Gasteiger partial charge in [-0.3, -0.25) is 0 Å². The van der Waals surface area contributed by atoms with Crippen LogP contribution >= 0.6 is 0 Å². The molecule has 14 heavy (non-hydrogen) atoms. The molecule has 2 heteroatoms. The van der Waals surface area contributed by atoms with Gasteiger partial charge < -0.3 is 10.1 Å². The van der Waals surface area contributed by atoms with Crippen LogP contribution in [0.2, 0.25) is 0 Å². The van der Waals surface area contributed by atoms with E-state index in [1.165, 1.54) is 19.3 Å². The van der Waals surface area contributed by atoms with Crippen molar-refractivity contribution in [3.63, 3.8) is 0 Å². The van der Waals surface area contributed by atoms with Crippen LogP contribution in [0.1, 0.15) is 46.0 Å². The summed E-state index contributed by atoms with van der Waals surface area (Å²) in [4.78, 5) is 0. The standard InChI is InChI=1S/C12H25NO/c1-5-12(6-2,14-4)11(13-3)10-8-7-9-10/h10-11,13H,5-9H2,1-4H3. The Kier molecular flexibility index (Phi) is 4.39. The Morgan fingerprint density at radius 3 is 2.14 bits per heavy atom. The van der Waals surface area contributed by atoms with Crippen molar-refractivity contribution < 1.29 is 4.74 Å². The Labute approximate surface area is 88.4 Å². The SMILES string of the molecule is CCC(CC)(OC)C(NC)C1CCC1. The third kappa shape index (κ3) is 1.96. The number of hydrogen-bond donors (Lipinski definition) is 1. The second-order valence-corrected chi connectivity index (χ2v) is 4.43. The zero-order valence-electron chi connectivity index (χ0n) is 10.1. The summed E-state index contributed by atoms with van der Waals surface area (Å²) < 4.78 is 5.78. The predicted octanol–water partition coefficient (Wildman–Crippen LogP) is 2.58. The lowest BCUT2D eigenvalue weighted by Gasteiger charge is -2.45. The zero-order chi connectivity index (χ0) is 10.6. The molecule has 1 fully saturated rings. The molecule has 0 radical (unpaired) electrons. The van der Waals surface area contributed by atoms with E-state index in [1.807, 2.05) is 7.11 Å². The molecule has 0 spiro atoms. The van der Waals surface area contributed by atoms with Gasteiger partial charge in [-0.25, -0.2) is 0 Å². The van der Waals surface area contributed by atoms with Gasteiger partial charge in [0.15, 0.2) is 0 Å². The number of rotatable bonds is 6. The van der Waals surface area contributed by atoms with Crippen molar-refractivity contribution in [1.29, 1.82) is 0 Å². The summed E-state index contributed by atoms with van der Waals surface area (Å²) in [6.45, 7) is 4.46. The smallest absolute Gasteiger partial charge is 0.0828 e. The van der Waals surface area contributed by atoms with Crippen molar-refractivity contribution in [2.24, 2.45) is 5.92 Å². The van der Waals surface area contributed by atoms with Crippen LogP contribution in [0.5, 0.6) is 0 Å². The largest absolute Gasteiger partial charge is 0.377 e. The second-order valence-electron chi connectivity index (χ2n) is 4.43. The summed E-state index contributed by atoms with van der Waals surface area (Å²) in [6, 6.07) is 0.538. The third-order valence-corrected chi connectivity index (χ3v) is 4.10. The highest BCUT2D eigenvalue weighted by atomic mass is 16.5. The molecular formula is C12H25NO. The van der Waals surface area contributed by atoms with Crippen molar-refractivity contribution in [2.45, 2.75) is 57.6 Å². The van der Waals surface area contributed by atoms with E-state index in [4.69, 9.17) is 4.74 Å². The van der Waals surface area contributed by atoms with Gasteiger partial charge in [0.05, 0.1) is 5.60 Å². The van der Waals surface area contributed by atoms with E-state index in [2.05, 4.69) is 26.2 Å². The highest BCUT2D eigenvalue weighted by Crippen LogP contribution is 2.38. The Bertz CT molecular complexity index is 153. The lowest BCUT2D eigenvalue weighted by Crippen LogP contribution is -2.55. The van der Waals surface area contributed by atoms with Gasteiger partial charge in [-0.05, 0) is 38.6 Å². The quantitative estimate of drug-likeness (QED) is 0.710. The first kappa shape index (κ1) is 12.0. The van der Waals surface area contributed by atoms with Gasteiger partial charge in [0, 0.05) is 13.2 Å². The minimum absolute atomic E-state index is 0.0554. The topological polar surface area (TPSA) is 21.3 Å². The minimum atomic E-state index is 0.0554. The molecule has 0 aromatic heterocycles. The fourth-order valence-corrected chi connectivity index (χ4v) is 2.81. The van der Waals surface area contributed by atoms with Crippen LogP contribution in [0.25, 0.3) is 0 Å². The molecule has 0 aliphatic heterocycles. The van der Waals surface area contributed by atoms with E-state index in [0.29, 0.717) is 6.04 Å². The molecule has 0 saturated heterocycles. The van der Waals surface area contributed by atoms with Crippen molar-refractivity contribution in [3.8, 4) is 0 Å². The molecule has 1 saturated carbocycles. The van der Waals surface area contributed by atoms with E-state index in [-0.39, 0.29) is 5.60 Å². The molecule has 1 aliphatic carbocycles. The van der Waals surface area contributed by atoms with E-state index < -0.39 is 0 Å². The first-order valence-corrected chi connectivity index (χ1v) is 5.96. The van der Waals surface area contributed by atoms with Crippen LogP contribution in [0, 0.1) is 5.92 Å². The molecule has 1 N–H and O–H groups in total. The maximum Gasteiger partial charge on any atom is 0.0828 e. The average molecular weight is 199 g/mol. The normalized spacial score (nSPS) is 20.6. The average Bonchev–Trinajstić information content (AvgIpc) is 2.16. The van der Waals surface area contributed by atoms with Crippen molar-refractivity contribution in [1.82, 2.24) is 5.32 Å². The molecule has 1 rings (SSSR count).